The Hall–Kier alpha value is -3.32. The Balaban J connectivity index is 1.90. The molecular weight excluding hydrogens is 286 g/mol. The van der Waals surface area contributed by atoms with Gasteiger partial charge in [0, 0.05) is 28.4 Å². The number of fused-ring (bicyclic) bond motifs is 1. The molecule has 23 heavy (non-hydrogen) atoms. The van der Waals surface area contributed by atoms with Crippen LogP contribution in [0, 0.1) is 18.3 Å². The molecule has 0 atom stereocenters. The van der Waals surface area contributed by atoms with Crippen molar-refractivity contribution in [1.82, 2.24) is 4.98 Å². The number of nitrogens with one attached hydrogen (secondary N) is 2. The minimum atomic E-state index is -0.414. The number of carbonyl (C=O) groups excluding carboxylic acids is 1. The van der Waals surface area contributed by atoms with Gasteiger partial charge in [-0.15, -0.1) is 0 Å². The maximum atomic E-state index is 12.3. The average molecular weight is 301 g/mol. The molecule has 0 aliphatic rings. The number of nitrogens with zero attached hydrogens (tertiary/aromatic N) is 1. The number of H-pyrrole nitrogens is 1. The van der Waals surface area contributed by atoms with E-state index in [0.717, 1.165) is 22.0 Å². The third-order valence-corrected chi connectivity index (χ3v) is 3.56. The van der Waals surface area contributed by atoms with Gasteiger partial charge in [-0.3, -0.25) is 4.79 Å². The van der Waals surface area contributed by atoms with E-state index in [9.17, 15) is 10.1 Å². The largest absolute Gasteiger partial charge is 0.361 e. The first-order valence-electron chi connectivity index (χ1n) is 7.23. The zero-order chi connectivity index (χ0) is 16.2. The molecule has 0 unspecified atom stereocenters. The van der Waals surface area contributed by atoms with Crippen LogP contribution in [0.5, 0.6) is 0 Å². The first kappa shape index (κ1) is 14.6. The Labute approximate surface area is 134 Å². The SMILES string of the molecule is Cc1cccc(NC(=O)/C(C#N)=C\c2c[nH]c3ccccc23)c1. The summed E-state index contributed by atoms with van der Waals surface area (Å²) in [6.45, 7) is 1.95. The number of hydrogen-bond donors (Lipinski definition) is 2. The Morgan fingerprint density at radius 1 is 1.22 bits per heavy atom. The van der Waals surface area contributed by atoms with Gasteiger partial charge in [-0.1, -0.05) is 30.3 Å². The van der Waals surface area contributed by atoms with Crippen LogP contribution in [-0.2, 0) is 4.79 Å². The Kier molecular flexibility index (Phi) is 3.94. The van der Waals surface area contributed by atoms with Gasteiger partial charge in [0.1, 0.15) is 11.6 Å². The number of rotatable bonds is 3. The highest BCUT2D eigenvalue weighted by atomic mass is 16.1. The number of para-hydroxylation sites is 1. The van der Waals surface area contributed by atoms with Crippen molar-refractivity contribution in [3.8, 4) is 6.07 Å². The van der Waals surface area contributed by atoms with Crippen LogP contribution in [0.1, 0.15) is 11.1 Å². The van der Waals surface area contributed by atoms with Crippen molar-refractivity contribution >= 4 is 28.6 Å². The first-order valence-corrected chi connectivity index (χ1v) is 7.23. The van der Waals surface area contributed by atoms with E-state index in [1.165, 1.54) is 0 Å². The minimum absolute atomic E-state index is 0.0660. The molecule has 1 amide bonds. The highest BCUT2D eigenvalue weighted by Gasteiger charge is 2.11. The molecule has 0 saturated carbocycles. The van der Waals surface area contributed by atoms with Gasteiger partial charge >= 0.3 is 0 Å². The van der Waals surface area contributed by atoms with Gasteiger partial charge in [-0.2, -0.15) is 5.26 Å². The smallest absolute Gasteiger partial charge is 0.266 e. The fraction of sp³-hybridized carbons (Fsp3) is 0.0526. The molecule has 0 bridgehead atoms. The number of aryl methyl sites for hydroxylation is 1. The van der Waals surface area contributed by atoms with E-state index in [2.05, 4.69) is 10.3 Å². The van der Waals surface area contributed by atoms with Crippen molar-refractivity contribution < 1.29 is 4.79 Å². The van der Waals surface area contributed by atoms with Gasteiger partial charge in [0.05, 0.1) is 0 Å². The minimum Gasteiger partial charge on any atom is -0.361 e. The molecule has 3 rings (SSSR count). The number of carbonyl (C=O) groups is 1. The molecule has 3 aromatic rings. The summed E-state index contributed by atoms with van der Waals surface area (Å²) in [5.74, 6) is -0.414. The van der Waals surface area contributed by atoms with Crippen LogP contribution in [0.3, 0.4) is 0 Å². The fourth-order valence-electron chi connectivity index (χ4n) is 2.44. The zero-order valence-corrected chi connectivity index (χ0v) is 12.6. The van der Waals surface area contributed by atoms with E-state index in [1.54, 1.807) is 18.3 Å². The van der Waals surface area contributed by atoms with Crippen LogP contribution in [0.2, 0.25) is 0 Å². The summed E-state index contributed by atoms with van der Waals surface area (Å²) in [4.78, 5) is 15.4. The summed E-state index contributed by atoms with van der Waals surface area (Å²) < 4.78 is 0. The lowest BCUT2D eigenvalue weighted by atomic mass is 10.1. The van der Waals surface area contributed by atoms with Crippen molar-refractivity contribution in [1.29, 1.82) is 5.26 Å². The molecule has 4 heteroatoms. The summed E-state index contributed by atoms with van der Waals surface area (Å²) in [6.07, 6.45) is 3.39. The molecule has 112 valence electrons. The van der Waals surface area contributed by atoms with Crippen LogP contribution < -0.4 is 5.32 Å². The molecule has 0 radical (unpaired) electrons. The van der Waals surface area contributed by atoms with E-state index >= 15 is 0 Å². The summed E-state index contributed by atoms with van der Waals surface area (Å²) in [6, 6.07) is 17.2. The lowest BCUT2D eigenvalue weighted by Gasteiger charge is -2.05. The van der Waals surface area contributed by atoms with Crippen LogP contribution in [-0.4, -0.2) is 10.9 Å². The predicted molar refractivity (Wildman–Crippen MR) is 91.7 cm³/mol. The number of benzene rings is 2. The molecule has 0 fully saturated rings. The van der Waals surface area contributed by atoms with Crippen molar-refractivity contribution in [2.75, 3.05) is 5.32 Å². The normalized spacial score (nSPS) is 11.2. The van der Waals surface area contributed by atoms with E-state index in [-0.39, 0.29) is 5.57 Å². The van der Waals surface area contributed by atoms with Gasteiger partial charge in [-0.05, 0) is 36.8 Å². The van der Waals surface area contributed by atoms with Crippen molar-refractivity contribution in [3.05, 3.63) is 71.4 Å². The van der Waals surface area contributed by atoms with E-state index in [0.29, 0.717) is 5.69 Å². The van der Waals surface area contributed by atoms with Crippen LogP contribution in [0.4, 0.5) is 5.69 Å². The van der Waals surface area contributed by atoms with Gasteiger partial charge in [0.25, 0.3) is 5.91 Å². The van der Waals surface area contributed by atoms with Crippen molar-refractivity contribution in [3.63, 3.8) is 0 Å². The van der Waals surface area contributed by atoms with Crippen LogP contribution >= 0.6 is 0 Å². The first-order chi connectivity index (χ1) is 11.2. The molecule has 0 saturated heterocycles. The maximum Gasteiger partial charge on any atom is 0.266 e. The summed E-state index contributed by atoms with van der Waals surface area (Å²) >= 11 is 0. The third kappa shape index (κ3) is 3.14. The summed E-state index contributed by atoms with van der Waals surface area (Å²) in [5, 5.41) is 13.0. The number of amides is 1. The Morgan fingerprint density at radius 3 is 2.83 bits per heavy atom. The second-order valence-corrected chi connectivity index (χ2v) is 5.28. The molecule has 2 N–H and O–H groups in total. The topological polar surface area (TPSA) is 68.7 Å². The monoisotopic (exact) mass is 301 g/mol. The molecule has 1 heterocycles. The molecule has 0 spiro atoms. The lowest BCUT2D eigenvalue weighted by Crippen LogP contribution is -2.13. The molecule has 4 nitrogen and oxygen atoms in total. The van der Waals surface area contributed by atoms with Gasteiger partial charge in [0.15, 0.2) is 0 Å². The number of aromatic amines is 1. The molecule has 2 aromatic carbocycles. The fourth-order valence-corrected chi connectivity index (χ4v) is 2.44. The number of anilines is 1. The predicted octanol–water partition coefficient (Wildman–Crippen LogP) is 4.02. The quantitative estimate of drug-likeness (QED) is 0.566. The molecule has 0 aliphatic carbocycles. The molecule has 1 aromatic heterocycles. The number of hydrogen-bond acceptors (Lipinski definition) is 2. The highest BCUT2D eigenvalue weighted by molar-refractivity contribution is 6.10. The van der Waals surface area contributed by atoms with Gasteiger partial charge < -0.3 is 10.3 Å². The van der Waals surface area contributed by atoms with E-state index in [1.807, 2.05) is 55.5 Å². The van der Waals surface area contributed by atoms with Crippen LogP contribution in [0.15, 0.2) is 60.3 Å². The Morgan fingerprint density at radius 2 is 2.04 bits per heavy atom. The van der Waals surface area contributed by atoms with Gasteiger partial charge in [-0.25, -0.2) is 0 Å². The van der Waals surface area contributed by atoms with Gasteiger partial charge in [0.2, 0.25) is 0 Å². The second-order valence-electron chi connectivity index (χ2n) is 5.28. The summed E-state index contributed by atoms with van der Waals surface area (Å²) in [7, 11) is 0. The molecule has 0 aliphatic heterocycles. The molecular formula is C19H15N3O. The highest BCUT2D eigenvalue weighted by Crippen LogP contribution is 2.20. The summed E-state index contributed by atoms with van der Waals surface area (Å²) in [5.41, 5.74) is 3.57. The zero-order valence-electron chi connectivity index (χ0n) is 12.6. The third-order valence-electron chi connectivity index (χ3n) is 3.56. The van der Waals surface area contributed by atoms with Crippen molar-refractivity contribution in [2.24, 2.45) is 0 Å². The number of nitriles is 1. The number of aromatic nitrogens is 1. The van der Waals surface area contributed by atoms with Crippen LogP contribution in [0.25, 0.3) is 17.0 Å². The van der Waals surface area contributed by atoms with E-state index < -0.39 is 5.91 Å². The Bertz CT molecular complexity index is 944. The standard InChI is InChI=1S/C19H15N3O/c1-13-5-4-6-16(9-13)22-19(23)14(11-20)10-15-12-21-18-8-3-2-7-17(15)18/h2-10,12,21H,1H3,(H,22,23)/b14-10-. The lowest BCUT2D eigenvalue weighted by molar-refractivity contribution is -0.112. The average Bonchev–Trinajstić information content (AvgIpc) is 2.95. The maximum absolute atomic E-state index is 12.3. The van der Waals surface area contributed by atoms with E-state index in [4.69, 9.17) is 0 Å². The second kappa shape index (κ2) is 6.20. The van der Waals surface area contributed by atoms with Crippen molar-refractivity contribution in [2.45, 2.75) is 6.92 Å².